The number of nitrogens with two attached hydrogens (primary N) is 2. The molecule has 1 aromatic heterocycles. The Morgan fingerprint density at radius 1 is 1.24 bits per heavy atom. The summed E-state index contributed by atoms with van der Waals surface area (Å²) in [4.78, 5) is 26.8. The second kappa shape index (κ2) is 6.29. The maximum absolute atomic E-state index is 12.8. The number of hydrogen-bond donors (Lipinski definition) is 3. The van der Waals surface area contributed by atoms with Gasteiger partial charge in [-0.1, -0.05) is 0 Å². The highest BCUT2D eigenvalue weighted by molar-refractivity contribution is 5.84. The third kappa shape index (κ3) is 4.82. The van der Waals surface area contributed by atoms with Crippen molar-refractivity contribution in [2.24, 2.45) is 11.5 Å². The first kappa shape index (κ1) is 16.5. The number of rotatable bonds is 6. The highest BCUT2D eigenvalue weighted by Gasteiger charge is 2.32. The van der Waals surface area contributed by atoms with Gasteiger partial charge in [0.05, 0.1) is 18.7 Å². The van der Waals surface area contributed by atoms with E-state index in [9.17, 15) is 22.8 Å². The molecule has 0 unspecified atom stereocenters. The van der Waals surface area contributed by atoms with Gasteiger partial charge in [-0.15, -0.1) is 0 Å². The number of carbonyl (C=O) groups excluding carboxylic acids is 2. The summed E-state index contributed by atoms with van der Waals surface area (Å²) in [7, 11) is 1.39. The van der Waals surface area contributed by atoms with Gasteiger partial charge in [0, 0.05) is 7.05 Å². The number of nitrogens with zero attached hydrogens (tertiary/aromatic N) is 2. The average Bonchev–Trinajstić information content (AvgIpc) is 2.35. The monoisotopic (exact) mass is 305 g/mol. The molecule has 0 radical (unpaired) electrons. The van der Waals surface area contributed by atoms with E-state index in [1.807, 2.05) is 0 Å². The van der Waals surface area contributed by atoms with Gasteiger partial charge in [-0.25, -0.2) is 4.98 Å². The standard InChI is InChI=1S/C11H14F3N5O2/c1-17-9-2-6(11(12,13)14)3-10(18-9)19(4-7(15)20)5-8(16)21/h2-3H,4-5H2,1H3,(H2,15,20)(H2,16,21)(H,17,18). The minimum atomic E-state index is -4.60. The SMILES string of the molecule is CNc1cc(C(F)(F)F)cc(N(CC(N)=O)CC(N)=O)n1. The van der Waals surface area contributed by atoms with Crippen LogP contribution in [0.1, 0.15) is 5.56 Å². The van der Waals surface area contributed by atoms with Gasteiger partial charge >= 0.3 is 6.18 Å². The Morgan fingerprint density at radius 2 is 1.76 bits per heavy atom. The first-order valence-electron chi connectivity index (χ1n) is 5.72. The van der Waals surface area contributed by atoms with Gasteiger partial charge in [0.25, 0.3) is 0 Å². The van der Waals surface area contributed by atoms with Crippen molar-refractivity contribution >= 4 is 23.5 Å². The fraction of sp³-hybridized carbons (Fsp3) is 0.364. The van der Waals surface area contributed by atoms with E-state index in [4.69, 9.17) is 11.5 Å². The first-order chi connectivity index (χ1) is 9.63. The Bertz CT molecular complexity index is 531. The molecular weight excluding hydrogens is 291 g/mol. The number of hydrogen-bond acceptors (Lipinski definition) is 5. The van der Waals surface area contributed by atoms with Crippen molar-refractivity contribution in [1.29, 1.82) is 0 Å². The Hall–Kier alpha value is -2.52. The van der Waals surface area contributed by atoms with E-state index in [0.717, 1.165) is 11.0 Å². The molecule has 0 saturated carbocycles. The molecule has 1 aromatic rings. The second-order valence-corrected chi connectivity index (χ2v) is 4.14. The van der Waals surface area contributed by atoms with Crippen LogP contribution in [0.5, 0.6) is 0 Å². The summed E-state index contributed by atoms with van der Waals surface area (Å²) in [6.45, 7) is -0.971. The summed E-state index contributed by atoms with van der Waals surface area (Å²) in [6, 6.07) is 1.52. The summed E-state index contributed by atoms with van der Waals surface area (Å²) in [5, 5.41) is 2.47. The molecule has 0 bridgehead atoms. The number of carbonyl (C=O) groups is 2. The quantitative estimate of drug-likeness (QED) is 0.680. The molecule has 21 heavy (non-hydrogen) atoms. The lowest BCUT2D eigenvalue weighted by Gasteiger charge is -2.22. The summed E-state index contributed by atoms with van der Waals surface area (Å²) in [5.74, 6) is -1.96. The minimum absolute atomic E-state index is 0.0706. The van der Waals surface area contributed by atoms with Crippen molar-refractivity contribution in [3.63, 3.8) is 0 Å². The molecule has 2 amide bonds. The third-order valence-corrected chi connectivity index (χ3v) is 2.41. The van der Waals surface area contributed by atoms with Crippen LogP contribution in [0.4, 0.5) is 24.8 Å². The van der Waals surface area contributed by atoms with Crippen LogP contribution in [0.3, 0.4) is 0 Å². The summed E-state index contributed by atoms with van der Waals surface area (Å²) >= 11 is 0. The first-order valence-corrected chi connectivity index (χ1v) is 5.72. The predicted octanol–water partition coefficient (Wildman–Crippen LogP) is -0.0809. The van der Waals surface area contributed by atoms with Crippen LogP contribution < -0.4 is 21.7 Å². The molecule has 0 atom stereocenters. The van der Waals surface area contributed by atoms with E-state index in [1.54, 1.807) is 0 Å². The van der Waals surface area contributed by atoms with Crippen molar-refractivity contribution < 1.29 is 22.8 Å². The van der Waals surface area contributed by atoms with Crippen LogP contribution >= 0.6 is 0 Å². The molecular formula is C11H14F3N5O2. The lowest BCUT2D eigenvalue weighted by Crippen LogP contribution is -2.40. The smallest absolute Gasteiger partial charge is 0.373 e. The maximum atomic E-state index is 12.8. The topological polar surface area (TPSA) is 114 Å². The van der Waals surface area contributed by atoms with E-state index >= 15 is 0 Å². The summed E-state index contributed by atoms with van der Waals surface area (Å²) in [6.07, 6.45) is -4.60. The van der Waals surface area contributed by atoms with Crippen LogP contribution in [0.2, 0.25) is 0 Å². The largest absolute Gasteiger partial charge is 0.416 e. The van der Waals surface area contributed by atoms with Crippen molar-refractivity contribution in [2.45, 2.75) is 6.18 Å². The normalized spacial score (nSPS) is 11.0. The fourth-order valence-corrected chi connectivity index (χ4v) is 1.56. The zero-order valence-electron chi connectivity index (χ0n) is 11.1. The molecule has 10 heteroatoms. The number of halogens is 3. The number of alkyl halides is 3. The van der Waals surface area contributed by atoms with Gasteiger partial charge in [0.2, 0.25) is 11.8 Å². The lowest BCUT2D eigenvalue weighted by molar-refractivity contribution is -0.137. The van der Waals surface area contributed by atoms with Gasteiger partial charge in [0.1, 0.15) is 11.6 Å². The highest BCUT2D eigenvalue weighted by Crippen LogP contribution is 2.32. The van der Waals surface area contributed by atoms with Crippen LogP contribution in [-0.2, 0) is 15.8 Å². The summed E-state index contributed by atoms with van der Waals surface area (Å²) < 4.78 is 38.4. The molecule has 116 valence electrons. The molecule has 7 nitrogen and oxygen atoms in total. The van der Waals surface area contributed by atoms with E-state index in [-0.39, 0.29) is 11.6 Å². The van der Waals surface area contributed by atoms with E-state index in [1.165, 1.54) is 7.05 Å². The zero-order chi connectivity index (χ0) is 16.2. The van der Waals surface area contributed by atoms with Crippen molar-refractivity contribution in [2.75, 3.05) is 30.4 Å². The van der Waals surface area contributed by atoms with E-state index in [2.05, 4.69) is 10.3 Å². The predicted molar refractivity (Wildman–Crippen MR) is 69.4 cm³/mol. The highest BCUT2D eigenvalue weighted by atomic mass is 19.4. The van der Waals surface area contributed by atoms with Crippen molar-refractivity contribution in [1.82, 2.24) is 4.98 Å². The molecule has 0 aromatic carbocycles. The van der Waals surface area contributed by atoms with Crippen LogP contribution in [-0.4, -0.2) is 36.9 Å². The van der Waals surface area contributed by atoms with E-state index < -0.39 is 36.6 Å². The molecule has 0 spiro atoms. The average molecular weight is 305 g/mol. The summed E-state index contributed by atoms with van der Waals surface area (Å²) in [5.41, 5.74) is 9.03. The molecule has 0 aliphatic carbocycles. The Kier molecular flexibility index (Phi) is 4.95. The Labute approximate surface area is 118 Å². The third-order valence-electron chi connectivity index (χ3n) is 2.41. The second-order valence-electron chi connectivity index (χ2n) is 4.14. The molecule has 5 N–H and O–H groups in total. The molecule has 0 fully saturated rings. The minimum Gasteiger partial charge on any atom is -0.373 e. The molecule has 0 aliphatic heterocycles. The van der Waals surface area contributed by atoms with Gasteiger partial charge in [-0.05, 0) is 12.1 Å². The zero-order valence-corrected chi connectivity index (χ0v) is 11.1. The maximum Gasteiger partial charge on any atom is 0.416 e. The van der Waals surface area contributed by atoms with Crippen molar-refractivity contribution in [3.05, 3.63) is 17.7 Å². The van der Waals surface area contributed by atoms with Gasteiger partial charge in [-0.2, -0.15) is 13.2 Å². The fourth-order valence-electron chi connectivity index (χ4n) is 1.56. The lowest BCUT2D eigenvalue weighted by atomic mass is 10.2. The van der Waals surface area contributed by atoms with Gasteiger partial charge < -0.3 is 21.7 Å². The molecule has 1 rings (SSSR count). The molecule has 1 heterocycles. The number of pyridine rings is 1. The number of anilines is 2. The van der Waals surface area contributed by atoms with Crippen molar-refractivity contribution in [3.8, 4) is 0 Å². The van der Waals surface area contributed by atoms with Gasteiger partial charge in [0.15, 0.2) is 0 Å². The van der Waals surface area contributed by atoms with Gasteiger partial charge in [-0.3, -0.25) is 9.59 Å². The van der Waals surface area contributed by atoms with Crippen LogP contribution in [0, 0.1) is 0 Å². The molecule has 0 aliphatic rings. The number of aromatic nitrogens is 1. The van der Waals surface area contributed by atoms with Crippen LogP contribution in [0.25, 0.3) is 0 Å². The Morgan fingerprint density at radius 3 is 2.14 bits per heavy atom. The van der Waals surface area contributed by atoms with Crippen LogP contribution in [0.15, 0.2) is 12.1 Å². The number of nitrogens with one attached hydrogen (secondary N) is 1. The molecule has 0 saturated heterocycles. The Balaban J connectivity index is 3.28. The number of primary amides is 2. The van der Waals surface area contributed by atoms with E-state index in [0.29, 0.717) is 6.07 Å². The number of amides is 2.